The van der Waals surface area contributed by atoms with E-state index in [1.165, 1.54) is 23.5 Å². The third-order valence-corrected chi connectivity index (χ3v) is 6.11. The fourth-order valence-electron chi connectivity index (χ4n) is 2.01. The number of carbonyl (C=O) groups is 1. The Kier molecular flexibility index (Phi) is 5.79. The summed E-state index contributed by atoms with van der Waals surface area (Å²) in [6.07, 6.45) is 0. The lowest BCUT2D eigenvalue weighted by atomic mass is 10.2. The van der Waals surface area contributed by atoms with Gasteiger partial charge in [-0.05, 0) is 50.2 Å². The average molecular weight is 411 g/mol. The molecule has 7 heteroatoms. The molecule has 0 radical (unpaired) electrons. The van der Waals surface area contributed by atoms with Gasteiger partial charge in [0.15, 0.2) is 0 Å². The van der Waals surface area contributed by atoms with E-state index in [0.717, 1.165) is 4.47 Å². The number of halogens is 1. The second-order valence-corrected chi connectivity index (χ2v) is 8.52. The van der Waals surface area contributed by atoms with E-state index >= 15 is 0 Å². The summed E-state index contributed by atoms with van der Waals surface area (Å²) in [6.45, 7) is 3.59. The molecular formula is C17H19BrN2O3S. The van der Waals surface area contributed by atoms with E-state index in [1.807, 2.05) is 6.07 Å². The summed E-state index contributed by atoms with van der Waals surface area (Å²) in [5, 5.41) is 2.75. The summed E-state index contributed by atoms with van der Waals surface area (Å²) >= 11 is 3.34. The van der Waals surface area contributed by atoms with Gasteiger partial charge in [0, 0.05) is 28.8 Å². The number of anilines is 1. The van der Waals surface area contributed by atoms with E-state index in [-0.39, 0.29) is 22.4 Å². The van der Waals surface area contributed by atoms with Gasteiger partial charge in [-0.3, -0.25) is 4.79 Å². The van der Waals surface area contributed by atoms with E-state index in [4.69, 9.17) is 0 Å². The highest BCUT2D eigenvalue weighted by atomic mass is 79.9. The fourth-order valence-corrected chi connectivity index (χ4v) is 3.82. The molecule has 0 aliphatic heterocycles. The normalized spacial score (nSPS) is 11.8. The topological polar surface area (TPSA) is 66.5 Å². The molecule has 0 saturated heterocycles. The molecule has 0 unspecified atom stereocenters. The van der Waals surface area contributed by atoms with Crippen molar-refractivity contribution >= 4 is 37.5 Å². The molecule has 2 aromatic carbocycles. The number of hydrogen-bond acceptors (Lipinski definition) is 3. The van der Waals surface area contributed by atoms with Crippen LogP contribution in [-0.4, -0.2) is 31.7 Å². The van der Waals surface area contributed by atoms with Gasteiger partial charge >= 0.3 is 0 Å². The van der Waals surface area contributed by atoms with Gasteiger partial charge in [0.2, 0.25) is 10.0 Å². The lowest BCUT2D eigenvalue weighted by Gasteiger charge is -2.21. The van der Waals surface area contributed by atoms with Gasteiger partial charge in [0.25, 0.3) is 5.91 Å². The van der Waals surface area contributed by atoms with Gasteiger partial charge in [-0.2, -0.15) is 4.31 Å². The Labute approximate surface area is 150 Å². The third-order valence-electron chi connectivity index (χ3n) is 3.58. The number of nitrogens with zero attached hydrogens (tertiary/aromatic N) is 1. The Balaban J connectivity index is 2.29. The van der Waals surface area contributed by atoms with Gasteiger partial charge < -0.3 is 5.32 Å². The number of hydrogen-bond donors (Lipinski definition) is 1. The van der Waals surface area contributed by atoms with Crippen molar-refractivity contribution in [1.29, 1.82) is 0 Å². The molecular weight excluding hydrogens is 392 g/mol. The van der Waals surface area contributed by atoms with Crippen LogP contribution in [0.1, 0.15) is 24.2 Å². The minimum absolute atomic E-state index is 0.0978. The van der Waals surface area contributed by atoms with Crippen molar-refractivity contribution in [3.63, 3.8) is 0 Å². The Morgan fingerprint density at radius 2 is 1.79 bits per heavy atom. The maximum Gasteiger partial charge on any atom is 0.255 e. The second-order valence-electron chi connectivity index (χ2n) is 5.61. The summed E-state index contributed by atoms with van der Waals surface area (Å²) in [5.74, 6) is -0.364. The zero-order valence-electron chi connectivity index (χ0n) is 13.7. The average Bonchev–Trinajstić information content (AvgIpc) is 2.54. The molecule has 0 bridgehead atoms. The SMILES string of the molecule is CC(C)N(C)S(=O)(=O)c1cccc(C(=O)Nc2cccc(Br)c2)c1. The van der Waals surface area contributed by atoms with E-state index in [2.05, 4.69) is 21.2 Å². The fraction of sp³-hybridized carbons (Fsp3) is 0.235. The Morgan fingerprint density at radius 3 is 2.42 bits per heavy atom. The van der Waals surface area contributed by atoms with Crippen LogP contribution in [0.15, 0.2) is 57.9 Å². The van der Waals surface area contributed by atoms with E-state index < -0.39 is 10.0 Å². The van der Waals surface area contributed by atoms with Crippen molar-refractivity contribution < 1.29 is 13.2 Å². The predicted octanol–water partition coefficient (Wildman–Crippen LogP) is 3.73. The summed E-state index contributed by atoms with van der Waals surface area (Å²) in [6, 6.07) is 13.0. The zero-order chi connectivity index (χ0) is 17.9. The number of benzene rings is 2. The summed E-state index contributed by atoms with van der Waals surface area (Å²) in [7, 11) is -2.11. The number of amides is 1. The largest absolute Gasteiger partial charge is 0.322 e. The molecule has 0 spiro atoms. The van der Waals surface area contributed by atoms with Crippen molar-refractivity contribution in [2.24, 2.45) is 0 Å². The molecule has 2 rings (SSSR count). The first-order valence-corrected chi connectivity index (χ1v) is 9.60. The van der Waals surface area contributed by atoms with Crippen molar-refractivity contribution in [1.82, 2.24) is 4.31 Å². The summed E-state index contributed by atoms with van der Waals surface area (Å²) in [4.78, 5) is 12.5. The number of rotatable bonds is 5. The van der Waals surface area contributed by atoms with Gasteiger partial charge in [0.1, 0.15) is 0 Å². The molecule has 0 atom stereocenters. The van der Waals surface area contributed by atoms with Gasteiger partial charge in [-0.25, -0.2) is 8.42 Å². The molecule has 24 heavy (non-hydrogen) atoms. The first-order valence-electron chi connectivity index (χ1n) is 7.37. The molecule has 0 heterocycles. The van der Waals surface area contributed by atoms with Crippen molar-refractivity contribution in [3.05, 3.63) is 58.6 Å². The molecule has 5 nitrogen and oxygen atoms in total. The molecule has 0 saturated carbocycles. The molecule has 1 N–H and O–H groups in total. The minimum Gasteiger partial charge on any atom is -0.322 e. The molecule has 1 amide bonds. The van der Waals surface area contributed by atoms with Crippen LogP contribution < -0.4 is 5.32 Å². The van der Waals surface area contributed by atoms with Crippen molar-refractivity contribution in [3.8, 4) is 0 Å². The first kappa shape index (κ1) is 18.6. The second kappa shape index (κ2) is 7.46. The van der Waals surface area contributed by atoms with Crippen LogP contribution in [0.25, 0.3) is 0 Å². The monoisotopic (exact) mass is 410 g/mol. The quantitative estimate of drug-likeness (QED) is 0.816. The number of carbonyl (C=O) groups excluding carboxylic acids is 1. The predicted molar refractivity (Wildman–Crippen MR) is 98.6 cm³/mol. The summed E-state index contributed by atoms with van der Waals surface area (Å²) in [5.41, 5.74) is 0.912. The molecule has 2 aromatic rings. The third kappa shape index (κ3) is 4.23. The molecule has 0 aliphatic rings. The molecule has 0 fully saturated rings. The van der Waals surface area contributed by atoms with Crippen LogP contribution in [-0.2, 0) is 10.0 Å². The molecule has 0 aliphatic carbocycles. The number of sulfonamides is 1. The van der Waals surface area contributed by atoms with Crippen LogP contribution in [0, 0.1) is 0 Å². The lowest BCUT2D eigenvalue weighted by Crippen LogP contribution is -2.33. The molecule has 128 valence electrons. The van der Waals surface area contributed by atoms with Gasteiger partial charge in [0.05, 0.1) is 4.90 Å². The highest BCUT2D eigenvalue weighted by molar-refractivity contribution is 9.10. The van der Waals surface area contributed by atoms with Gasteiger partial charge in [-0.1, -0.05) is 28.1 Å². The van der Waals surface area contributed by atoms with Crippen LogP contribution in [0.2, 0.25) is 0 Å². The Morgan fingerprint density at radius 1 is 1.12 bits per heavy atom. The van der Waals surface area contributed by atoms with Crippen LogP contribution in [0.3, 0.4) is 0 Å². The highest BCUT2D eigenvalue weighted by Crippen LogP contribution is 2.20. The number of nitrogens with one attached hydrogen (secondary N) is 1. The maximum absolute atomic E-state index is 12.5. The van der Waals surface area contributed by atoms with Crippen LogP contribution in [0.4, 0.5) is 5.69 Å². The van der Waals surface area contributed by atoms with Crippen LogP contribution in [0.5, 0.6) is 0 Å². The Bertz CT molecular complexity index is 850. The van der Waals surface area contributed by atoms with E-state index in [1.54, 1.807) is 44.2 Å². The molecule has 0 aromatic heterocycles. The maximum atomic E-state index is 12.5. The van der Waals surface area contributed by atoms with E-state index in [0.29, 0.717) is 5.69 Å². The van der Waals surface area contributed by atoms with Crippen molar-refractivity contribution in [2.45, 2.75) is 24.8 Å². The summed E-state index contributed by atoms with van der Waals surface area (Å²) < 4.78 is 27.2. The van der Waals surface area contributed by atoms with Crippen LogP contribution >= 0.6 is 15.9 Å². The Hall–Kier alpha value is -1.70. The van der Waals surface area contributed by atoms with E-state index in [9.17, 15) is 13.2 Å². The first-order chi connectivity index (χ1) is 11.2. The lowest BCUT2D eigenvalue weighted by molar-refractivity contribution is 0.102. The smallest absolute Gasteiger partial charge is 0.255 e. The van der Waals surface area contributed by atoms with Crippen molar-refractivity contribution in [2.75, 3.05) is 12.4 Å². The highest BCUT2D eigenvalue weighted by Gasteiger charge is 2.23. The van der Waals surface area contributed by atoms with Gasteiger partial charge in [-0.15, -0.1) is 0 Å². The minimum atomic E-state index is -3.63. The zero-order valence-corrected chi connectivity index (χ0v) is 16.1. The standard InChI is InChI=1S/C17H19BrN2O3S/c1-12(2)20(3)24(22,23)16-9-4-6-13(10-16)17(21)19-15-8-5-7-14(18)11-15/h4-12H,1-3H3,(H,19,21).